The lowest BCUT2D eigenvalue weighted by atomic mass is 10.1. The third-order valence-corrected chi connectivity index (χ3v) is 3.46. The molecule has 5 heteroatoms. The molecular weight excluding hydrogens is 253 g/mol. The van der Waals surface area contributed by atoms with Gasteiger partial charge in [-0.1, -0.05) is 0 Å². The standard InChI is InChI=1S/C13H18FNO2S/c1-9-8-11(14)4-5-12(9)13(16)15-10(2)6-7-18(3)17/h4-5,8,10H,6-7H2,1-3H3,(H,15,16). The van der Waals surface area contributed by atoms with Crippen LogP contribution in [0.15, 0.2) is 18.2 Å². The van der Waals surface area contributed by atoms with E-state index in [0.717, 1.165) is 0 Å². The van der Waals surface area contributed by atoms with Crippen molar-refractivity contribution in [1.82, 2.24) is 5.32 Å². The van der Waals surface area contributed by atoms with Crippen molar-refractivity contribution in [2.24, 2.45) is 0 Å². The molecule has 0 aromatic heterocycles. The summed E-state index contributed by atoms with van der Waals surface area (Å²) in [5, 5.41) is 2.82. The lowest BCUT2D eigenvalue weighted by molar-refractivity contribution is 0.0939. The SMILES string of the molecule is Cc1cc(F)ccc1C(=O)NC(C)CCS(C)=O. The fourth-order valence-electron chi connectivity index (χ4n) is 1.60. The zero-order valence-electron chi connectivity index (χ0n) is 10.8. The summed E-state index contributed by atoms with van der Waals surface area (Å²) >= 11 is 0. The lowest BCUT2D eigenvalue weighted by Gasteiger charge is -2.14. The number of benzene rings is 1. The Labute approximate surface area is 109 Å². The molecule has 2 unspecified atom stereocenters. The molecule has 0 bridgehead atoms. The Kier molecular flexibility index (Phi) is 5.47. The molecule has 1 aromatic rings. The molecule has 0 aliphatic heterocycles. The average molecular weight is 271 g/mol. The zero-order chi connectivity index (χ0) is 13.7. The van der Waals surface area contributed by atoms with Crippen LogP contribution in [0.5, 0.6) is 0 Å². The number of hydrogen-bond donors (Lipinski definition) is 1. The Bertz CT molecular complexity index is 462. The summed E-state index contributed by atoms with van der Waals surface area (Å²) in [6, 6.07) is 4.03. The fraction of sp³-hybridized carbons (Fsp3) is 0.462. The molecule has 1 rings (SSSR count). The van der Waals surface area contributed by atoms with Gasteiger partial charge in [-0.05, 0) is 44.0 Å². The van der Waals surface area contributed by atoms with Gasteiger partial charge in [-0.3, -0.25) is 9.00 Å². The minimum atomic E-state index is -0.854. The largest absolute Gasteiger partial charge is 0.350 e. The number of amides is 1. The van der Waals surface area contributed by atoms with Gasteiger partial charge >= 0.3 is 0 Å². The van der Waals surface area contributed by atoms with Crippen molar-refractivity contribution < 1.29 is 13.4 Å². The Morgan fingerprint density at radius 1 is 1.50 bits per heavy atom. The summed E-state index contributed by atoms with van der Waals surface area (Å²) in [7, 11) is -0.854. The van der Waals surface area contributed by atoms with Crippen LogP contribution in [0, 0.1) is 12.7 Å². The molecule has 0 spiro atoms. The van der Waals surface area contributed by atoms with E-state index in [2.05, 4.69) is 5.32 Å². The number of rotatable bonds is 5. The van der Waals surface area contributed by atoms with Gasteiger partial charge in [-0.2, -0.15) is 0 Å². The number of carbonyl (C=O) groups is 1. The fourth-order valence-corrected chi connectivity index (χ4v) is 2.28. The molecule has 0 saturated carbocycles. The molecule has 0 aliphatic rings. The molecule has 0 saturated heterocycles. The maximum atomic E-state index is 12.9. The summed E-state index contributed by atoms with van der Waals surface area (Å²) in [6.07, 6.45) is 2.30. The molecule has 1 aromatic carbocycles. The second kappa shape index (κ2) is 6.64. The van der Waals surface area contributed by atoms with E-state index in [1.54, 1.807) is 13.2 Å². The highest BCUT2D eigenvalue weighted by Crippen LogP contribution is 2.10. The van der Waals surface area contributed by atoms with E-state index in [9.17, 15) is 13.4 Å². The van der Waals surface area contributed by atoms with Gasteiger partial charge in [0.2, 0.25) is 0 Å². The molecule has 0 radical (unpaired) electrons. The van der Waals surface area contributed by atoms with E-state index in [1.165, 1.54) is 18.2 Å². The predicted octanol–water partition coefficient (Wildman–Crippen LogP) is 2.02. The molecule has 1 N–H and O–H groups in total. The Morgan fingerprint density at radius 3 is 2.72 bits per heavy atom. The number of hydrogen-bond acceptors (Lipinski definition) is 2. The van der Waals surface area contributed by atoms with Crippen LogP contribution in [-0.2, 0) is 10.8 Å². The van der Waals surface area contributed by atoms with E-state index >= 15 is 0 Å². The third-order valence-electron chi connectivity index (χ3n) is 2.65. The first-order valence-electron chi connectivity index (χ1n) is 5.77. The Morgan fingerprint density at radius 2 is 2.17 bits per heavy atom. The third kappa shape index (κ3) is 4.56. The van der Waals surface area contributed by atoms with Gasteiger partial charge < -0.3 is 5.32 Å². The van der Waals surface area contributed by atoms with E-state index in [4.69, 9.17) is 0 Å². The summed E-state index contributed by atoms with van der Waals surface area (Å²) in [4.78, 5) is 11.9. The number of aryl methyl sites for hydroxylation is 1. The molecule has 3 nitrogen and oxygen atoms in total. The molecule has 0 fully saturated rings. The highest BCUT2D eigenvalue weighted by atomic mass is 32.2. The van der Waals surface area contributed by atoms with Crippen molar-refractivity contribution in [1.29, 1.82) is 0 Å². The number of carbonyl (C=O) groups excluding carboxylic acids is 1. The lowest BCUT2D eigenvalue weighted by Crippen LogP contribution is -2.33. The molecule has 100 valence electrons. The van der Waals surface area contributed by atoms with Crippen molar-refractivity contribution in [3.63, 3.8) is 0 Å². The monoisotopic (exact) mass is 271 g/mol. The molecule has 1 amide bonds. The molecule has 2 atom stereocenters. The first-order valence-corrected chi connectivity index (χ1v) is 7.50. The second-order valence-electron chi connectivity index (χ2n) is 4.40. The van der Waals surface area contributed by atoms with Gasteiger partial charge in [0.25, 0.3) is 5.91 Å². The van der Waals surface area contributed by atoms with E-state index in [-0.39, 0.29) is 17.8 Å². The summed E-state index contributed by atoms with van der Waals surface area (Å²) < 4.78 is 23.9. The van der Waals surface area contributed by atoms with Crippen LogP contribution in [0.3, 0.4) is 0 Å². The van der Waals surface area contributed by atoms with Crippen LogP contribution in [0.25, 0.3) is 0 Å². The van der Waals surface area contributed by atoms with E-state index in [0.29, 0.717) is 23.3 Å². The van der Waals surface area contributed by atoms with Crippen LogP contribution in [0.2, 0.25) is 0 Å². The van der Waals surface area contributed by atoms with E-state index in [1.807, 2.05) is 6.92 Å². The minimum absolute atomic E-state index is 0.0501. The van der Waals surface area contributed by atoms with Crippen LogP contribution < -0.4 is 5.32 Å². The molecule has 18 heavy (non-hydrogen) atoms. The van der Waals surface area contributed by atoms with Gasteiger partial charge in [0, 0.05) is 34.4 Å². The quantitative estimate of drug-likeness (QED) is 0.890. The first kappa shape index (κ1) is 14.8. The maximum Gasteiger partial charge on any atom is 0.251 e. The summed E-state index contributed by atoms with van der Waals surface area (Å²) in [5.74, 6) is -0.00974. The van der Waals surface area contributed by atoms with E-state index < -0.39 is 10.8 Å². The summed E-state index contributed by atoms with van der Waals surface area (Å²) in [6.45, 7) is 3.56. The zero-order valence-corrected chi connectivity index (χ0v) is 11.6. The molecule has 0 aliphatic carbocycles. The van der Waals surface area contributed by atoms with Gasteiger partial charge in [0.15, 0.2) is 0 Å². The van der Waals surface area contributed by atoms with Crippen LogP contribution >= 0.6 is 0 Å². The topological polar surface area (TPSA) is 46.2 Å². The van der Waals surface area contributed by atoms with Crippen LogP contribution in [-0.4, -0.2) is 28.2 Å². The highest BCUT2D eigenvalue weighted by Gasteiger charge is 2.12. The number of nitrogens with one attached hydrogen (secondary N) is 1. The van der Waals surface area contributed by atoms with Gasteiger partial charge in [-0.25, -0.2) is 4.39 Å². The van der Waals surface area contributed by atoms with Gasteiger partial charge in [-0.15, -0.1) is 0 Å². The van der Waals surface area contributed by atoms with Gasteiger partial charge in [0.05, 0.1) is 0 Å². The van der Waals surface area contributed by atoms with Crippen molar-refractivity contribution in [2.45, 2.75) is 26.3 Å². The predicted molar refractivity (Wildman–Crippen MR) is 71.6 cm³/mol. The molecular formula is C13H18FNO2S. The normalized spacial score (nSPS) is 14.0. The van der Waals surface area contributed by atoms with Crippen molar-refractivity contribution >= 4 is 16.7 Å². The molecule has 0 heterocycles. The average Bonchev–Trinajstić information content (AvgIpc) is 2.26. The minimum Gasteiger partial charge on any atom is -0.350 e. The Hall–Kier alpha value is -1.23. The highest BCUT2D eigenvalue weighted by molar-refractivity contribution is 7.84. The van der Waals surface area contributed by atoms with Crippen LogP contribution in [0.1, 0.15) is 29.3 Å². The second-order valence-corrected chi connectivity index (χ2v) is 5.95. The first-order chi connectivity index (χ1) is 8.40. The van der Waals surface area contributed by atoms with Crippen LogP contribution in [0.4, 0.5) is 4.39 Å². The van der Waals surface area contributed by atoms with Crippen molar-refractivity contribution in [3.8, 4) is 0 Å². The van der Waals surface area contributed by atoms with Crippen molar-refractivity contribution in [3.05, 3.63) is 35.1 Å². The smallest absolute Gasteiger partial charge is 0.251 e. The Balaban J connectivity index is 2.62. The maximum absolute atomic E-state index is 12.9. The van der Waals surface area contributed by atoms with Gasteiger partial charge in [0.1, 0.15) is 5.82 Å². The summed E-state index contributed by atoms with van der Waals surface area (Å²) in [5.41, 5.74) is 1.08. The van der Waals surface area contributed by atoms with Crippen molar-refractivity contribution in [2.75, 3.05) is 12.0 Å². The number of halogens is 1.